The van der Waals surface area contributed by atoms with E-state index >= 15 is 0 Å². The van der Waals surface area contributed by atoms with Gasteiger partial charge in [0, 0.05) is 42.8 Å². The maximum absolute atomic E-state index is 4.27. The van der Waals surface area contributed by atoms with Gasteiger partial charge in [-0.1, -0.05) is 13.8 Å². The molecule has 0 aliphatic carbocycles. The highest BCUT2D eigenvalue weighted by molar-refractivity contribution is 5.54. The summed E-state index contributed by atoms with van der Waals surface area (Å²) in [6, 6.07) is 2.81. The van der Waals surface area contributed by atoms with Gasteiger partial charge in [0.1, 0.15) is 0 Å². The molecule has 1 aliphatic heterocycles. The van der Waals surface area contributed by atoms with Crippen molar-refractivity contribution >= 4 is 5.69 Å². The monoisotopic (exact) mass is 247 g/mol. The number of nitrogens with zero attached hydrogens (tertiary/aromatic N) is 2. The molecule has 0 aromatic carbocycles. The molecular weight excluding hydrogens is 222 g/mol. The highest BCUT2D eigenvalue weighted by Crippen LogP contribution is 2.30. The number of hydrogen-bond acceptors (Lipinski definition) is 3. The van der Waals surface area contributed by atoms with Crippen molar-refractivity contribution in [3.63, 3.8) is 0 Å². The summed E-state index contributed by atoms with van der Waals surface area (Å²) in [6.45, 7) is 10.0. The molecule has 3 heteroatoms. The molecule has 1 fully saturated rings. The van der Waals surface area contributed by atoms with E-state index in [1.165, 1.54) is 30.6 Å². The summed E-state index contributed by atoms with van der Waals surface area (Å²) in [7, 11) is 0. The summed E-state index contributed by atoms with van der Waals surface area (Å²) >= 11 is 0. The quantitative estimate of drug-likeness (QED) is 0.811. The normalized spacial score (nSPS) is 23.6. The van der Waals surface area contributed by atoms with Crippen LogP contribution in [0.5, 0.6) is 0 Å². The molecule has 1 N–H and O–H groups in total. The molecule has 2 atom stereocenters. The smallest absolute Gasteiger partial charge is 0.0445 e. The molecule has 1 aromatic heterocycles. The van der Waals surface area contributed by atoms with Gasteiger partial charge in [-0.05, 0) is 38.3 Å². The second kappa shape index (κ2) is 6.19. The third-order valence-corrected chi connectivity index (χ3v) is 3.71. The van der Waals surface area contributed by atoms with Crippen LogP contribution in [0.15, 0.2) is 18.5 Å². The van der Waals surface area contributed by atoms with Gasteiger partial charge in [0.15, 0.2) is 0 Å². The van der Waals surface area contributed by atoms with E-state index in [9.17, 15) is 0 Å². The summed E-state index contributed by atoms with van der Waals surface area (Å²) in [4.78, 5) is 6.81. The molecule has 0 spiro atoms. The Bertz CT molecular complexity index is 378. The van der Waals surface area contributed by atoms with Crippen LogP contribution < -0.4 is 10.2 Å². The summed E-state index contributed by atoms with van der Waals surface area (Å²) in [5.41, 5.74) is 2.69. The maximum atomic E-state index is 4.27. The van der Waals surface area contributed by atoms with Crippen molar-refractivity contribution < 1.29 is 0 Å². The van der Waals surface area contributed by atoms with Crippen molar-refractivity contribution in [2.45, 2.75) is 46.2 Å². The van der Waals surface area contributed by atoms with E-state index in [2.05, 4.69) is 42.0 Å². The maximum Gasteiger partial charge on any atom is 0.0445 e. The first-order valence-corrected chi connectivity index (χ1v) is 7.12. The van der Waals surface area contributed by atoms with Crippen molar-refractivity contribution in [1.82, 2.24) is 10.3 Å². The number of hydrogen-bond donors (Lipinski definition) is 1. The molecule has 1 aliphatic rings. The zero-order chi connectivity index (χ0) is 13.0. The van der Waals surface area contributed by atoms with Crippen LogP contribution in [-0.2, 0) is 6.54 Å². The lowest BCUT2D eigenvalue weighted by Crippen LogP contribution is -2.28. The van der Waals surface area contributed by atoms with Gasteiger partial charge in [-0.3, -0.25) is 4.98 Å². The minimum atomic E-state index is 0.646. The van der Waals surface area contributed by atoms with Gasteiger partial charge in [-0.15, -0.1) is 0 Å². The van der Waals surface area contributed by atoms with Crippen LogP contribution in [0, 0.1) is 5.92 Å². The Kier molecular flexibility index (Phi) is 4.59. The van der Waals surface area contributed by atoms with Gasteiger partial charge in [0.2, 0.25) is 0 Å². The number of pyridine rings is 1. The average molecular weight is 247 g/mol. The van der Waals surface area contributed by atoms with Crippen LogP contribution in [0.2, 0.25) is 0 Å². The molecule has 1 aromatic rings. The molecule has 0 saturated carbocycles. The molecular formula is C15H25N3. The Morgan fingerprint density at radius 3 is 2.94 bits per heavy atom. The van der Waals surface area contributed by atoms with Crippen molar-refractivity contribution in [2.75, 3.05) is 18.0 Å². The first kappa shape index (κ1) is 13.3. The zero-order valence-corrected chi connectivity index (χ0v) is 11.8. The van der Waals surface area contributed by atoms with Crippen LogP contribution in [0.4, 0.5) is 5.69 Å². The zero-order valence-electron chi connectivity index (χ0n) is 11.8. The van der Waals surface area contributed by atoms with E-state index in [4.69, 9.17) is 0 Å². The Hall–Kier alpha value is -1.09. The number of rotatable bonds is 5. The highest BCUT2D eigenvalue weighted by Gasteiger charge is 2.27. The fourth-order valence-corrected chi connectivity index (χ4v) is 2.87. The van der Waals surface area contributed by atoms with Gasteiger partial charge >= 0.3 is 0 Å². The van der Waals surface area contributed by atoms with Crippen LogP contribution in [-0.4, -0.2) is 24.1 Å². The number of anilines is 1. The molecule has 100 valence electrons. The molecule has 3 nitrogen and oxygen atoms in total. The lowest BCUT2D eigenvalue weighted by atomic mass is 10.1. The van der Waals surface area contributed by atoms with Crippen molar-refractivity contribution in [3.05, 3.63) is 24.0 Å². The third-order valence-electron chi connectivity index (χ3n) is 3.71. The fourth-order valence-electron chi connectivity index (χ4n) is 2.87. The third kappa shape index (κ3) is 3.02. The molecule has 0 bridgehead atoms. The Labute approximate surface area is 111 Å². The lowest BCUT2D eigenvalue weighted by Gasteiger charge is -2.26. The van der Waals surface area contributed by atoms with Crippen molar-refractivity contribution in [1.29, 1.82) is 0 Å². The molecule has 2 unspecified atom stereocenters. The largest absolute Gasteiger partial charge is 0.368 e. The van der Waals surface area contributed by atoms with Gasteiger partial charge in [0.25, 0.3) is 0 Å². The topological polar surface area (TPSA) is 28.2 Å². The van der Waals surface area contributed by atoms with E-state index in [1.807, 2.05) is 12.4 Å². The fraction of sp³-hybridized carbons (Fsp3) is 0.667. The Balaban J connectivity index is 2.11. The lowest BCUT2D eigenvalue weighted by molar-refractivity contribution is 0.625. The van der Waals surface area contributed by atoms with Crippen molar-refractivity contribution in [3.8, 4) is 0 Å². The van der Waals surface area contributed by atoms with E-state index in [0.717, 1.165) is 19.0 Å². The minimum Gasteiger partial charge on any atom is -0.368 e. The molecule has 18 heavy (non-hydrogen) atoms. The minimum absolute atomic E-state index is 0.646. The van der Waals surface area contributed by atoms with Crippen molar-refractivity contribution in [2.24, 2.45) is 5.92 Å². The summed E-state index contributed by atoms with van der Waals surface area (Å²) in [6.07, 6.45) is 6.39. The predicted octanol–water partition coefficient (Wildman–Crippen LogP) is 2.82. The molecule has 2 rings (SSSR count). The van der Waals surface area contributed by atoms with Crippen LogP contribution in [0.3, 0.4) is 0 Å². The number of aromatic nitrogens is 1. The van der Waals surface area contributed by atoms with E-state index < -0.39 is 0 Å². The summed E-state index contributed by atoms with van der Waals surface area (Å²) in [5, 5.41) is 3.47. The molecule has 0 radical (unpaired) electrons. The van der Waals surface area contributed by atoms with Crippen LogP contribution in [0.1, 0.15) is 39.2 Å². The second-order valence-corrected chi connectivity index (χ2v) is 5.52. The van der Waals surface area contributed by atoms with E-state index in [1.54, 1.807) is 0 Å². The van der Waals surface area contributed by atoms with E-state index in [0.29, 0.717) is 6.04 Å². The highest BCUT2D eigenvalue weighted by atomic mass is 15.2. The molecule has 2 heterocycles. The summed E-state index contributed by atoms with van der Waals surface area (Å²) in [5.74, 6) is 0.796. The first-order valence-electron chi connectivity index (χ1n) is 7.12. The van der Waals surface area contributed by atoms with Gasteiger partial charge in [0.05, 0.1) is 0 Å². The molecule has 0 amide bonds. The predicted molar refractivity (Wildman–Crippen MR) is 76.8 cm³/mol. The van der Waals surface area contributed by atoms with Crippen LogP contribution in [0.25, 0.3) is 0 Å². The summed E-state index contributed by atoms with van der Waals surface area (Å²) < 4.78 is 0. The Morgan fingerprint density at radius 2 is 2.28 bits per heavy atom. The van der Waals surface area contributed by atoms with Gasteiger partial charge in [-0.2, -0.15) is 0 Å². The van der Waals surface area contributed by atoms with Crippen LogP contribution >= 0.6 is 0 Å². The van der Waals surface area contributed by atoms with Gasteiger partial charge < -0.3 is 10.2 Å². The van der Waals surface area contributed by atoms with E-state index in [-0.39, 0.29) is 0 Å². The number of nitrogens with one attached hydrogen (secondary N) is 1. The standard InChI is InChI=1S/C15H25N3/c1-4-6-16-9-14-10-17-7-5-15(14)18-11-12(2)8-13(18)3/h5,7,10,12-13,16H,4,6,8-9,11H2,1-3H3. The first-order chi connectivity index (χ1) is 8.72. The molecule has 1 saturated heterocycles. The average Bonchev–Trinajstić information content (AvgIpc) is 2.69. The second-order valence-electron chi connectivity index (χ2n) is 5.52. The Morgan fingerprint density at radius 1 is 1.44 bits per heavy atom. The SMILES string of the molecule is CCCNCc1cnccc1N1CC(C)CC1C. The van der Waals surface area contributed by atoms with Gasteiger partial charge in [-0.25, -0.2) is 0 Å².